The van der Waals surface area contributed by atoms with E-state index in [0.29, 0.717) is 10.6 Å². The number of amides is 1. The molecule has 8 nitrogen and oxygen atoms in total. The number of halogens is 1. The molecule has 0 spiro atoms. The summed E-state index contributed by atoms with van der Waals surface area (Å²) in [5, 5.41) is 9.97. The van der Waals surface area contributed by atoms with Gasteiger partial charge in [0.25, 0.3) is 5.56 Å². The number of hydrazone groups is 1. The molecule has 22 heavy (non-hydrogen) atoms. The molecular weight excluding hydrogens is 310 g/mol. The van der Waals surface area contributed by atoms with Crippen molar-refractivity contribution in [2.75, 3.05) is 0 Å². The fraction of sp³-hybridized carbons (Fsp3) is 0.154. The number of H-pyrrole nitrogens is 2. The lowest BCUT2D eigenvalue weighted by Crippen LogP contribution is -2.28. The molecule has 0 fully saturated rings. The SMILES string of the molecule is O=C(CCc1n[nH]c(=O)[nH]c1=O)N/N=C\c1ccccc1Cl. The van der Waals surface area contributed by atoms with Crippen LogP contribution < -0.4 is 16.7 Å². The zero-order chi connectivity index (χ0) is 15.9. The molecule has 114 valence electrons. The van der Waals surface area contributed by atoms with E-state index in [2.05, 4.69) is 20.7 Å². The van der Waals surface area contributed by atoms with Crippen LogP contribution in [0, 0.1) is 0 Å². The van der Waals surface area contributed by atoms with Gasteiger partial charge in [-0.2, -0.15) is 10.2 Å². The van der Waals surface area contributed by atoms with Crippen LogP contribution in [0.2, 0.25) is 5.02 Å². The van der Waals surface area contributed by atoms with E-state index in [4.69, 9.17) is 11.6 Å². The summed E-state index contributed by atoms with van der Waals surface area (Å²) in [4.78, 5) is 35.8. The van der Waals surface area contributed by atoms with E-state index in [1.54, 1.807) is 24.3 Å². The van der Waals surface area contributed by atoms with Gasteiger partial charge in [-0.05, 0) is 6.07 Å². The van der Waals surface area contributed by atoms with E-state index in [-0.39, 0.29) is 18.5 Å². The van der Waals surface area contributed by atoms with E-state index in [1.807, 2.05) is 4.98 Å². The first-order chi connectivity index (χ1) is 10.6. The van der Waals surface area contributed by atoms with E-state index < -0.39 is 17.2 Å². The highest BCUT2D eigenvalue weighted by Crippen LogP contribution is 2.11. The lowest BCUT2D eigenvalue weighted by molar-refractivity contribution is -0.121. The number of nitrogens with one attached hydrogen (secondary N) is 3. The third-order valence-corrected chi connectivity index (χ3v) is 3.01. The van der Waals surface area contributed by atoms with Gasteiger partial charge in [0.2, 0.25) is 5.91 Å². The first-order valence-corrected chi connectivity index (χ1v) is 6.68. The number of aromatic nitrogens is 3. The fourth-order valence-electron chi connectivity index (χ4n) is 1.58. The molecule has 2 rings (SSSR count). The van der Waals surface area contributed by atoms with Crippen LogP contribution in [-0.2, 0) is 11.2 Å². The number of carbonyl (C=O) groups is 1. The molecule has 2 aromatic rings. The van der Waals surface area contributed by atoms with Crippen molar-refractivity contribution in [2.45, 2.75) is 12.8 Å². The van der Waals surface area contributed by atoms with Crippen molar-refractivity contribution in [1.82, 2.24) is 20.6 Å². The van der Waals surface area contributed by atoms with Crippen LogP contribution in [-0.4, -0.2) is 27.3 Å². The van der Waals surface area contributed by atoms with Gasteiger partial charge >= 0.3 is 5.69 Å². The minimum atomic E-state index is -0.692. The molecular formula is C13H12ClN5O3. The number of rotatable bonds is 5. The minimum Gasteiger partial charge on any atom is -0.273 e. The second-order valence-electron chi connectivity index (χ2n) is 4.27. The fourth-order valence-corrected chi connectivity index (χ4v) is 1.77. The molecule has 1 aromatic carbocycles. The number of carbonyl (C=O) groups excluding carboxylic acids is 1. The Hall–Kier alpha value is -2.74. The smallest absolute Gasteiger partial charge is 0.273 e. The van der Waals surface area contributed by atoms with Crippen molar-refractivity contribution in [3.8, 4) is 0 Å². The Bertz CT molecular complexity index is 812. The van der Waals surface area contributed by atoms with E-state index >= 15 is 0 Å². The standard InChI is InChI=1S/C13H12ClN5O3/c14-9-4-2-1-3-8(9)7-15-18-11(20)6-5-10-12(21)16-13(22)19-17-10/h1-4,7H,5-6H2,(H,18,20)(H2,16,19,21,22)/b15-7-. The summed E-state index contributed by atoms with van der Waals surface area (Å²) in [5.41, 5.74) is 1.76. The van der Waals surface area contributed by atoms with Crippen LogP contribution in [0.25, 0.3) is 0 Å². The number of nitrogens with zero attached hydrogens (tertiary/aromatic N) is 2. The number of benzene rings is 1. The summed E-state index contributed by atoms with van der Waals surface area (Å²) in [7, 11) is 0. The van der Waals surface area contributed by atoms with Crippen LogP contribution >= 0.6 is 11.6 Å². The zero-order valence-electron chi connectivity index (χ0n) is 11.3. The molecule has 0 saturated carbocycles. The lowest BCUT2D eigenvalue weighted by Gasteiger charge is -2.00. The summed E-state index contributed by atoms with van der Waals surface area (Å²) in [6.45, 7) is 0. The molecule has 9 heteroatoms. The Balaban J connectivity index is 1.87. The van der Waals surface area contributed by atoms with Crippen LogP contribution in [0.5, 0.6) is 0 Å². The maximum absolute atomic E-state index is 11.6. The number of hydrogen-bond acceptors (Lipinski definition) is 5. The highest BCUT2D eigenvalue weighted by atomic mass is 35.5. The molecule has 0 aliphatic rings. The van der Waals surface area contributed by atoms with Crippen molar-refractivity contribution in [2.24, 2.45) is 5.10 Å². The van der Waals surface area contributed by atoms with Gasteiger partial charge in [0, 0.05) is 23.4 Å². The average Bonchev–Trinajstić information content (AvgIpc) is 2.48. The van der Waals surface area contributed by atoms with Crippen LogP contribution in [0.15, 0.2) is 39.0 Å². The quantitative estimate of drug-likeness (QED) is 0.538. The predicted octanol–water partition coefficient (Wildman–Crippen LogP) is 0.195. The van der Waals surface area contributed by atoms with Gasteiger partial charge in [0.15, 0.2) is 0 Å². The molecule has 0 unspecified atom stereocenters. The second-order valence-corrected chi connectivity index (χ2v) is 4.68. The van der Waals surface area contributed by atoms with Gasteiger partial charge in [-0.15, -0.1) is 0 Å². The Morgan fingerprint density at radius 3 is 2.86 bits per heavy atom. The first-order valence-electron chi connectivity index (χ1n) is 6.30. The summed E-state index contributed by atoms with van der Waals surface area (Å²) in [6, 6.07) is 7.04. The highest BCUT2D eigenvalue weighted by molar-refractivity contribution is 6.33. The maximum Gasteiger partial charge on any atom is 0.342 e. The lowest BCUT2D eigenvalue weighted by atomic mass is 10.2. The summed E-state index contributed by atoms with van der Waals surface area (Å²) in [6.07, 6.45) is 1.51. The maximum atomic E-state index is 11.6. The number of aryl methyl sites for hydroxylation is 1. The minimum absolute atomic E-state index is 0.00197. The molecule has 0 aliphatic carbocycles. The highest BCUT2D eigenvalue weighted by Gasteiger charge is 2.06. The van der Waals surface area contributed by atoms with Crippen LogP contribution in [0.4, 0.5) is 0 Å². The number of hydrogen-bond donors (Lipinski definition) is 3. The molecule has 0 atom stereocenters. The Morgan fingerprint density at radius 1 is 1.36 bits per heavy atom. The van der Waals surface area contributed by atoms with Gasteiger partial charge < -0.3 is 0 Å². The van der Waals surface area contributed by atoms with Gasteiger partial charge in [-0.3, -0.25) is 14.6 Å². The van der Waals surface area contributed by atoms with E-state index in [0.717, 1.165) is 0 Å². The zero-order valence-corrected chi connectivity index (χ0v) is 12.1. The Labute approximate surface area is 129 Å². The van der Waals surface area contributed by atoms with Gasteiger partial charge in [0.05, 0.1) is 6.21 Å². The van der Waals surface area contributed by atoms with Crippen molar-refractivity contribution in [3.63, 3.8) is 0 Å². The normalized spacial score (nSPS) is 10.8. The average molecular weight is 322 g/mol. The van der Waals surface area contributed by atoms with E-state index in [9.17, 15) is 14.4 Å². The van der Waals surface area contributed by atoms with Crippen molar-refractivity contribution in [3.05, 3.63) is 61.4 Å². The molecule has 0 radical (unpaired) electrons. The molecule has 1 amide bonds. The molecule has 1 heterocycles. The summed E-state index contributed by atoms with van der Waals surface area (Å²) >= 11 is 5.93. The molecule has 1 aromatic heterocycles. The van der Waals surface area contributed by atoms with Crippen molar-refractivity contribution in [1.29, 1.82) is 0 Å². The molecule has 0 saturated heterocycles. The Morgan fingerprint density at radius 2 is 2.14 bits per heavy atom. The molecule has 0 aliphatic heterocycles. The predicted molar refractivity (Wildman–Crippen MR) is 81.0 cm³/mol. The van der Waals surface area contributed by atoms with Crippen LogP contribution in [0.3, 0.4) is 0 Å². The van der Waals surface area contributed by atoms with Gasteiger partial charge in [-0.25, -0.2) is 15.3 Å². The summed E-state index contributed by atoms with van der Waals surface area (Å²) < 4.78 is 0. The monoisotopic (exact) mass is 321 g/mol. The Kier molecular flexibility index (Phi) is 5.21. The van der Waals surface area contributed by atoms with Crippen molar-refractivity contribution >= 4 is 23.7 Å². The largest absolute Gasteiger partial charge is 0.342 e. The van der Waals surface area contributed by atoms with E-state index in [1.165, 1.54) is 6.21 Å². The molecule has 3 N–H and O–H groups in total. The van der Waals surface area contributed by atoms with Crippen molar-refractivity contribution < 1.29 is 4.79 Å². The third kappa shape index (κ3) is 4.38. The molecule has 0 bridgehead atoms. The number of aromatic amines is 2. The summed E-state index contributed by atoms with van der Waals surface area (Å²) in [5.74, 6) is -0.393. The second kappa shape index (κ2) is 7.32. The van der Waals surface area contributed by atoms with Crippen LogP contribution in [0.1, 0.15) is 17.7 Å². The topological polar surface area (TPSA) is 120 Å². The first kappa shape index (κ1) is 15.6. The van der Waals surface area contributed by atoms with Gasteiger partial charge in [0.1, 0.15) is 5.69 Å². The van der Waals surface area contributed by atoms with Gasteiger partial charge in [-0.1, -0.05) is 29.8 Å². The third-order valence-electron chi connectivity index (χ3n) is 2.67.